The highest BCUT2D eigenvalue weighted by atomic mass is 15.0. The van der Waals surface area contributed by atoms with Gasteiger partial charge in [0.15, 0.2) is 17.5 Å². The maximum Gasteiger partial charge on any atom is 0.164 e. The molecule has 3 heteroatoms. The zero-order valence-corrected chi connectivity index (χ0v) is 31.5. The quantitative estimate of drug-likeness (QED) is 0.183. The van der Waals surface area contributed by atoms with Crippen LogP contribution in [0.4, 0.5) is 0 Å². The maximum absolute atomic E-state index is 5.36. The second kappa shape index (κ2) is 11.4. The van der Waals surface area contributed by atoms with Crippen LogP contribution in [0.2, 0.25) is 0 Å². The van der Waals surface area contributed by atoms with Crippen molar-refractivity contribution >= 4 is 0 Å². The third kappa shape index (κ3) is 4.36. The van der Waals surface area contributed by atoms with Gasteiger partial charge in [-0.2, -0.15) is 0 Å². The summed E-state index contributed by atoms with van der Waals surface area (Å²) in [6.07, 6.45) is 6.92. The number of rotatable bonds is 4. The smallest absolute Gasteiger partial charge is 0.164 e. The standard InChI is InChI=1S/C52H43N3/c1-51(2)43-19-8-6-14-39(43)40-17-10-16-38(47(40)51)33-22-24-35(25-23-33)49-53-48(34-12-4-3-5-13-34)54-50(55-49)42-18-11-21-45-46(42)41-15-7-9-20-44(41)52(45)36-27-31-26-32(29-36)30-37(52)28-31/h3-25,31-32,36-37H,26-30H2,1-2H3. The molecule has 0 atom stereocenters. The fourth-order valence-electron chi connectivity index (χ4n) is 12.6. The Bertz CT molecular complexity index is 2660. The van der Waals surface area contributed by atoms with Crippen LogP contribution in [0.1, 0.15) is 68.2 Å². The first-order chi connectivity index (χ1) is 27.0. The zero-order valence-electron chi connectivity index (χ0n) is 31.5. The van der Waals surface area contributed by atoms with Crippen molar-refractivity contribution in [3.63, 3.8) is 0 Å². The lowest BCUT2D eigenvalue weighted by Crippen LogP contribution is -2.55. The average Bonchev–Trinajstić information content (AvgIpc) is 3.66. The van der Waals surface area contributed by atoms with Gasteiger partial charge in [0.25, 0.3) is 0 Å². The Kier molecular flexibility index (Phi) is 6.58. The summed E-state index contributed by atoms with van der Waals surface area (Å²) >= 11 is 0. The third-order valence-corrected chi connectivity index (χ3v) is 14.5. The van der Waals surface area contributed by atoms with Crippen LogP contribution in [0.3, 0.4) is 0 Å². The topological polar surface area (TPSA) is 38.7 Å². The molecule has 0 saturated heterocycles. The average molecular weight is 710 g/mol. The van der Waals surface area contributed by atoms with Crippen LogP contribution < -0.4 is 0 Å². The van der Waals surface area contributed by atoms with E-state index in [1.165, 1.54) is 82.2 Å². The van der Waals surface area contributed by atoms with E-state index in [2.05, 4.69) is 153 Å². The van der Waals surface area contributed by atoms with Gasteiger partial charge in [0.1, 0.15) is 0 Å². The second-order valence-corrected chi connectivity index (χ2v) is 17.6. The van der Waals surface area contributed by atoms with Gasteiger partial charge >= 0.3 is 0 Å². The molecule has 4 fully saturated rings. The largest absolute Gasteiger partial charge is 0.208 e. The summed E-state index contributed by atoms with van der Waals surface area (Å²) in [6, 6.07) is 51.3. The van der Waals surface area contributed by atoms with Gasteiger partial charge in [-0.05, 0) is 111 Å². The molecule has 4 bridgehead atoms. The van der Waals surface area contributed by atoms with Gasteiger partial charge < -0.3 is 0 Å². The molecule has 0 amide bonds. The number of fused-ring (bicyclic) bond motifs is 6. The van der Waals surface area contributed by atoms with Crippen LogP contribution >= 0.6 is 0 Å². The third-order valence-electron chi connectivity index (χ3n) is 14.5. The molecule has 0 radical (unpaired) electrons. The van der Waals surface area contributed by atoms with Crippen LogP contribution in [0.5, 0.6) is 0 Å². The Labute approximate surface area is 323 Å². The first kappa shape index (κ1) is 31.7. The van der Waals surface area contributed by atoms with Crippen LogP contribution in [-0.4, -0.2) is 15.0 Å². The van der Waals surface area contributed by atoms with Crippen LogP contribution in [0.25, 0.3) is 67.5 Å². The highest BCUT2D eigenvalue weighted by Crippen LogP contribution is 2.70. The van der Waals surface area contributed by atoms with E-state index < -0.39 is 0 Å². The minimum atomic E-state index is -0.0846. The molecule has 13 rings (SSSR count). The normalized spacial score (nSPS) is 24.4. The summed E-state index contributed by atoms with van der Waals surface area (Å²) < 4.78 is 0. The van der Waals surface area contributed by atoms with Crippen LogP contribution in [0, 0.1) is 23.7 Å². The van der Waals surface area contributed by atoms with E-state index in [1.54, 1.807) is 5.56 Å². The van der Waals surface area contributed by atoms with E-state index in [4.69, 9.17) is 15.0 Å². The van der Waals surface area contributed by atoms with Gasteiger partial charge in [-0.3, -0.25) is 0 Å². The summed E-state index contributed by atoms with van der Waals surface area (Å²) in [4.78, 5) is 15.8. The van der Waals surface area contributed by atoms with Crippen molar-refractivity contribution < 1.29 is 0 Å². The van der Waals surface area contributed by atoms with Crippen molar-refractivity contribution in [2.45, 2.75) is 56.8 Å². The SMILES string of the molecule is CC1(C)c2ccccc2-c2cccc(-c3ccc(-c4nc(-c5ccccc5)nc(-c5cccc6c5-c5ccccc5C65C6CC7CC(C6)CC5C7)n4)cc3)c21. The predicted molar refractivity (Wildman–Crippen MR) is 222 cm³/mol. The molecule has 1 aromatic heterocycles. The summed E-state index contributed by atoms with van der Waals surface area (Å²) in [5.41, 5.74) is 16.9. The molecular weight excluding hydrogens is 667 g/mol. The highest BCUT2D eigenvalue weighted by Gasteiger charge is 2.61. The molecule has 266 valence electrons. The molecule has 6 aliphatic rings. The predicted octanol–water partition coefficient (Wildman–Crippen LogP) is 12.6. The van der Waals surface area contributed by atoms with E-state index in [0.717, 1.165) is 34.4 Å². The Balaban J connectivity index is 1.01. The van der Waals surface area contributed by atoms with Gasteiger partial charge in [-0.1, -0.05) is 153 Å². The summed E-state index contributed by atoms with van der Waals surface area (Å²) in [5.74, 6) is 5.39. The van der Waals surface area contributed by atoms with Crippen molar-refractivity contribution in [2.75, 3.05) is 0 Å². The van der Waals surface area contributed by atoms with Gasteiger partial charge in [0, 0.05) is 27.5 Å². The molecule has 4 saturated carbocycles. The number of hydrogen-bond donors (Lipinski definition) is 0. The van der Waals surface area contributed by atoms with Crippen molar-refractivity contribution in [3.8, 4) is 67.5 Å². The van der Waals surface area contributed by atoms with Crippen molar-refractivity contribution in [1.82, 2.24) is 15.0 Å². The Morgan fingerprint density at radius 3 is 1.64 bits per heavy atom. The van der Waals surface area contributed by atoms with E-state index in [9.17, 15) is 0 Å². The molecule has 0 aliphatic heterocycles. The minimum absolute atomic E-state index is 0.0846. The summed E-state index contributed by atoms with van der Waals surface area (Å²) in [6.45, 7) is 4.72. The molecule has 3 nitrogen and oxygen atoms in total. The lowest BCUT2D eigenvalue weighted by Gasteiger charge is -2.61. The highest BCUT2D eigenvalue weighted by molar-refractivity contribution is 5.92. The van der Waals surface area contributed by atoms with Gasteiger partial charge in [0.05, 0.1) is 0 Å². The molecule has 1 heterocycles. The van der Waals surface area contributed by atoms with Gasteiger partial charge in [-0.25, -0.2) is 15.0 Å². The van der Waals surface area contributed by atoms with Gasteiger partial charge in [0.2, 0.25) is 0 Å². The Morgan fingerprint density at radius 1 is 0.400 bits per heavy atom. The Hall–Kier alpha value is -5.67. The van der Waals surface area contributed by atoms with Crippen molar-refractivity contribution in [3.05, 3.63) is 162 Å². The molecule has 6 aliphatic carbocycles. The molecular formula is C52H43N3. The summed E-state index contributed by atoms with van der Waals surface area (Å²) in [7, 11) is 0. The molecule has 7 aromatic rings. The maximum atomic E-state index is 5.36. The van der Waals surface area contributed by atoms with Crippen molar-refractivity contribution in [1.29, 1.82) is 0 Å². The Morgan fingerprint density at radius 2 is 0.909 bits per heavy atom. The van der Waals surface area contributed by atoms with Crippen LogP contribution in [-0.2, 0) is 10.8 Å². The van der Waals surface area contributed by atoms with Gasteiger partial charge in [-0.15, -0.1) is 0 Å². The minimum Gasteiger partial charge on any atom is -0.208 e. The molecule has 6 aromatic carbocycles. The number of aromatic nitrogens is 3. The fourth-order valence-corrected chi connectivity index (χ4v) is 12.6. The molecule has 0 N–H and O–H groups in total. The second-order valence-electron chi connectivity index (χ2n) is 17.6. The monoisotopic (exact) mass is 709 g/mol. The number of nitrogens with zero attached hydrogens (tertiary/aromatic N) is 3. The van der Waals surface area contributed by atoms with Crippen molar-refractivity contribution in [2.24, 2.45) is 23.7 Å². The lowest BCUT2D eigenvalue weighted by molar-refractivity contribution is -0.0399. The first-order valence-electron chi connectivity index (χ1n) is 20.4. The molecule has 1 spiro atoms. The van der Waals surface area contributed by atoms with E-state index in [1.807, 2.05) is 0 Å². The van der Waals surface area contributed by atoms with E-state index in [0.29, 0.717) is 23.5 Å². The number of benzene rings is 6. The molecule has 0 unspecified atom stereocenters. The fraction of sp³-hybridized carbons (Fsp3) is 0.250. The zero-order chi connectivity index (χ0) is 36.5. The van der Waals surface area contributed by atoms with E-state index >= 15 is 0 Å². The summed E-state index contributed by atoms with van der Waals surface area (Å²) in [5, 5.41) is 0. The van der Waals surface area contributed by atoms with Crippen LogP contribution in [0.15, 0.2) is 140 Å². The lowest BCUT2D eigenvalue weighted by atomic mass is 9.43. The number of hydrogen-bond acceptors (Lipinski definition) is 3. The first-order valence-corrected chi connectivity index (χ1v) is 20.4. The van der Waals surface area contributed by atoms with E-state index in [-0.39, 0.29) is 10.8 Å². The molecule has 55 heavy (non-hydrogen) atoms.